The monoisotopic (exact) mass is 427 g/mol. The minimum atomic E-state index is -1.05. The number of carboxylic acids is 1. The van der Waals surface area contributed by atoms with E-state index in [1.165, 1.54) is 16.2 Å². The molecule has 1 heterocycles. The van der Waals surface area contributed by atoms with Gasteiger partial charge in [-0.1, -0.05) is 78.9 Å². The van der Waals surface area contributed by atoms with Gasteiger partial charge in [0.05, 0.1) is 12.1 Å². The maximum absolute atomic E-state index is 13.2. The number of fused-ring (bicyclic) bond motifs is 1. The number of thiophene rings is 1. The standard InChI is InChI=1S/C26H21NO3S/c1-2-14-27(24(28)16-18-12-13-19-8-6-7-11-21(19)15-18)22-17-23(31-25(22)26(29)30)20-9-4-3-5-10-20/h2-13,15,17H,1,14,16H2,(H,29,30). The minimum Gasteiger partial charge on any atom is -0.477 e. The van der Waals surface area contributed by atoms with Crippen LogP contribution < -0.4 is 4.90 Å². The van der Waals surface area contributed by atoms with Crippen molar-refractivity contribution >= 4 is 39.7 Å². The summed E-state index contributed by atoms with van der Waals surface area (Å²) in [6.45, 7) is 3.99. The van der Waals surface area contributed by atoms with E-state index in [9.17, 15) is 14.7 Å². The highest BCUT2D eigenvalue weighted by Crippen LogP contribution is 2.37. The van der Waals surface area contributed by atoms with Gasteiger partial charge in [0.25, 0.3) is 0 Å². The molecular formula is C26H21NO3S. The van der Waals surface area contributed by atoms with Crippen LogP contribution in [0.15, 0.2) is 91.5 Å². The third kappa shape index (κ3) is 4.42. The van der Waals surface area contributed by atoms with Crippen LogP contribution in [0.25, 0.3) is 21.2 Å². The molecule has 1 N–H and O–H groups in total. The molecule has 0 saturated carbocycles. The molecule has 31 heavy (non-hydrogen) atoms. The van der Waals surface area contributed by atoms with Gasteiger partial charge in [-0.3, -0.25) is 4.79 Å². The van der Waals surface area contributed by atoms with Crippen LogP contribution >= 0.6 is 11.3 Å². The van der Waals surface area contributed by atoms with Crippen LogP contribution in [-0.4, -0.2) is 23.5 Å². The second kappa shape index (κ2) is 8.98. The highest BCUT2D eigenvalue weighted by molar-refractivity contribution is 7.18. The van der Waals surface area contributed by atoms with E-state index in [0.29, 0.717) is 5.69 Å². The van der Waals surface area contributed by atoms with E-state index < -0.39 is 5.97 Å². The van der Waals surface area contributed by atoms with Crippen LogP contribution in [0.5, 0.6) is 0 Å². The quantitative estimate of drug-likeness (QED) is 0.367. The largest absolute Gasteiger partial charge is 0.477 e. The van der Waals surface area contributed by atoms with E-state index in [1.807, 2.05) is 72.8 Å². The van der Waals surface area contributed by atoms with E-state index in [0.717, 1.165) is 26.8 Å². The molecule has 5 heteroatoms. The second-order valence-corrected chi connectivity index (χ2v) is 8.20. The number of hydrogen-bond donors (Lipinski definition) is 1. The number of carboxylic acid groups (broad SMARTS) is 1. The molecule has 1 amide bonds. The molecule has 4 aromatic rings. The van der Waals surface area contributed by atoms with Gasteiger partial charge in [0.15, 0.2) is 0 Å². The van der Waals surface area contributed by atoms with Crippen molar-refractivity contribution in [3.05, 3.63) is 102 Å². The minimum absolute atomic E-state index is 0.146. The van der Waals surface area contributed by atoms with Gasteiger partial charge in [-0.25, -0.2) is 4.79 Å². The normalized spacial score (nSPS) is 10.7. The molecule has 3 aromatic carbocycles. The summed E-state index contributed by atoms with van der Waals surface area (Å²) in [5.41, 5.74) is 2.21. The number of benzene rings is 3. The Bertz CT molecular complexity index is 1260. The van der Waals surface area contributed by atoms with Gasteiger partial charge >= 0.3 is 5.97 Å². The van der Waals surface area contributed by atoms with Crippen molar-refractivity contribution in [2.45, 2.75) is 6.42 Å². The Morgan fingerprint density at radius 3 is 2.35 bits per heavy atom. The van der Waals surface area contributed by atoms with Gasteiger partial charge in [-0.05, 0) is 28.0 Å². The maximum atomic E-state index is 13.2. The summed E-state index contributed by atoms with van der Waals surface area (Å²) in [5, 5.41) is 12.0. The first-order valence-electron chi connectivity index (χ1n) is 9.88. The predicted molar refractivity (Wildman–Crippen MR) is 127 cm³/mol. The van der Waals surface area contributed by atoms with E-state index in [1.54, 1.807) is 12.1 Å². The number of carbonyl (C=O) groups excluding carboxylic acids is 1. The van der Waals surface area contributed by atoms with Gasteiger partial charge in [0.2, 0.25) is 5.91 Å². The Balaban J connectivity index is 1.68. The van der Waals surface area contributed by atoms with Crippen molar-refractivity contribution in [3.8, 4) is 10.4 Å². The number of carbonyl (C=O) groups is 2. The summed E-state index contributed by atoms with van der Waals surface area (Å²) < 4.78 is 0. The van der Waals surface area contributed by atoms with Gasteiger partial charge in [-0.15, -0.1) is 17.9 Å². The number of amides is 1. The average Bonchev–Trinajstić information content (AvgIpc) is 3.23. The van der Waals surface area contributed by atoms with E-state index in [2.05, 4.69) is 6.58 Å². The molecule has 0 atom stereocenters. The van der Waals surface area contributed by atoms with Crippen molar-refractivity contribution in [2.24, 2.45) is 0 Å². The highest BCUT2D eigenvalue weighted by atomic mass is 32.1. The molecule has 4 rings (SSSR count). The SMILES string of the molecule is C=CCN(C(=O)Cc1ccc2ccccc2c1)c1cc(-c2ccccc2)sc1C(=O)O. The molecule has 0 unspecified atom stereocenters. The lowest BCUT2D eigenvalue weighted by Gasteiger charge is -2.21. The van der Waals surface area contributed by atoms with Gasteiger partial charge < -0.3 is 10.0 Å². The fourth-order valence-corrected chi connectivity index (χ4v) is 4.57. The summed E-state index contributed by atoms with van der Waals surface area (Å²) in [5.74, 6) is -1.22. The second-order valence-electron chi connectivity index (χ2n) is 7.15. The van der Waals surface area contributed by atoms with Gasteiger partial charge in [-0.2, -0.15) is 0 Å². The molecule has 0 fully saturated rings. The zero-order valence-corrected chi connectivity index (χ0v) is 17.6. The molecule has 0 saturated heterocycles. The third-order valence-electron chi connectivity index (χ3n) is 5.04. The molecule has 4 nitrogen and oxygen atoms in total. The zero-order chi connectivity index (χ0) is 21.8. The van der Waals surface area contributed by atoms with Crippen LogP contribution in [0.3, 0.4) is 0 Å². The number of rotatable bonds is 7. The molecule has 0 bridgehead atoms. The van der Waals surface area contributed by atoms with Gasteiger partial charge in [0, 0.05) is 11.4 Å². The topological polar surface area (TPSA) is 57.6 Å². The summed E-state index contributed by atoms with van der Waals surface area (Å²) in [4.78, 5) is 27.7. The highest BCUT2D eigenvalue weighted by Gasteiger charge is 2.24. The van der Waals surface area contributed by atoms with Crippen molar-refractivity contribution in [1.29, 1.82) is 0 Å². The first kappa shape index (κ1) is 20.6. The Hall–Kier alpha value is -3.70. The number of hydrogen-bond acceptors (Lipinski definition) is 3. The Morgan fingerprint density at radius 1 is 0.935 bits per heavy atom. The molecule has 0 aliphatic heterocycles. The van der Waals surface area contributed by atoms with Crippen LogP contribution in [0, 0.1) is 0 Å². The van der Waals surface area contributed by atoms with Crippen LogP contribution in [0.2, 0.25) is 0 Å². The fourth-order valence-electron chi connectivity index (χ4n) is 3.56. The fraction of sp³-hybridized carbons (Fsp3) is 0.0769. The molecule has 0 radical (unpaired) electrons. The van der Waals surface area contributed by atoms with Crippen molar-refractivity contribution < 1.29 is 14.7 Å². The summed E-state index contributed by atoms with van der Waals surface area (Å²) in [6.07, 6.45) is 1.79. The van der Waals surface area contributed by atoms with Crippen molar-refractivity contribution in [1.82, 2.24) is 0 Å². The molecule has 0 aliphatic carbocycles. The van der Waals surface area contributed by atoms with Crippen LogP contribution in [0.1, 0.15) is 15.2 Å². The lowest BCUT2D eigenvalue weighted by molar-refractivity contribution is -0.117. The van der Waals surface area contributed by atoms with E-state index in [-0.39, 0.29) is 23.7 Å². The predicted octanol–water partition coefficient (Wildman–Crippen LogP) is 6.03. The third-order valence-corrected chi connectivity index (χ3v) is 6.20. The molecular weight excluding hydrogens is 406 g/mol. The number of nitrogens with zero attached hydrogens (tertiary/aromatic N) is 1. The van der Waals surface area contributed by atoms with Crippen molar-refractivity contribution in [2.75, 3.05) is 11.4 Å². The molecule has 0 spiro atoms. The smallest absolute Gasteiger partial charge is 0.348 e. The Labute approximate surface area is 184 Å². The van der Waals surface area contributed by atoms with Gasteiger partial charge in [0.1, 0.15) is 4.88 Å². The Morgan fingerprint density at radius 2 is 1.65 bits per heavy atom. The summed E-state index contributed by atoms with van der Waals surface area (Å²) >= 11 is 1.17. The first-order valence-corrected chi connectivity index (χ1v) is 10.7. The molecule has 1 aromatic heterocycles. The van der Waals surface area contributed by atoms with E-state index >= 15 is 0 Å². The van der Waals surface area contributed by atoms with Crippen LogP contribution in [-0.2, 0) is 11.2 Å². The lowest BCUT2D eigenvalue weighted by atomic mass is 10.0. The average molecular weight is 428 g/mol. The maximum Gasteiger partial charge on any atom is 0.348 e. The molecule has 154 valence electrons. The molecule has 0 aliphatic rings. The summed E-state index contributed by atoms with van der Waals surface area (Å²) in [7, 11) is 0. The van der Waals surface area contributed by atoms with E-state index in [4.69, 9.17) is 0 Å². The number of anilines is 1. The lowest BCUT2D eigenvalue weighted by Crippen LogP contribution is -2.33. The van der Waals surface area contributed by atoms with Crippen LogP contribution in [0.4, 0.5) is 5.69 Å². The first-order chi connectivity index (χ1) is 15.1. The Kier molecular flexibility index (Phi) is 5.96. The summed E-state index contributed by atoms with van der Waals surface area (Å²) in [6, 6.07) is 25.3. The van der Waals surface area contributed by atoms with Crippen molar-refractivity contribution in [3.63, 3.8) is 0 Å². The number of aromatic carboxylic acids is 1. The zero-order valence-electron chi connectivity index (χ0n) is 16.8.